The minimum absolute atomic E-state index is 0.233. The van der Waals surface area contributed by atoms with Crippen LogP contribution in [0.4, 0.5) is 5.69 Å². The lowest BCUT2D eigenvalue weighted by atomic mass is 10.2. The van der Waals surface area contributed by atoms with Gasteiger partial charge in [-0.25, -0.2) is 0 Å². The van der Waals surface area contributed by atoms with Gasteiger partial charge in [0.15, 0.2) is 11.5 Å². The molecule has 108 valence electrons. The van der Waals surface area contributed by atoms with Crippen molar-refractivity contribution in [3.63, 3.8) is 0 Å². The Hall–Kier alpha value is -2.60. The first-order chi connectivity index (χ1) is 10.2. The smallest absolute Gasteiger partial charge is 0.162 e. The number of aryl methyl sites for hydroxylation is 1. The van der Waals surface area contributed by atoms with Gasteiger partial charge in [-0.3, -0.25) is 0 Å². The van der Waals surface area contributed by atoms with Gasteiger partial charge < -0.3 is 14.8 Å². The summed E-state index contributed by atoms with van der Waals surface area (Å²) in [6, 6.07) is 14.1. The van der Waals surface area contributed by atoms with Gasteiger partial charge in [0.05, 0.1) is 7.11 Å². The van der Waals surface area contributed by atoms with E-state index >= 15 is 0 Å². The summed E-state index contributed by atoms with van der Waals surface area (Å²) in [5.74, 6) is 3.79. The van der Waals surface area contributed by atoms with Crippen molar-refractivity contribution in [1.82, 2.24) is 0 Å². The van der Waals surface area contributed by atoms with Crippen molar-refractivity contribution in [2.75, 3.05) is 19.0 Å². The van der Waals surface area contributed by atoms with Gasteiger partial charge in [-0.15, -0.1) is 6.42 Å². The fraction of sp³-hybridized carbons (Fsp3) is 0.222. The van der Waals surface area contributed by atoms with Crippen molar-refractivity contribution >= 4 is 5.69 Å². The third-order valence-corrected chi connectivity index (χ3v) is 3.05. The summed E-state index contributed by atoms with van der Waals surface area (Å²) in [5, 5.41) is 3.39. The van der Waals surface area contributed by atoms with Gasteiger partial charge in [-0.05, 0) is 42.3 Å². The first kappa shape index (κ1) is 14.8. The Morgan fingerprint density at radius 3 is 2.71 bits per heavy atom. The van der Waals surface area contributed by atoms with Crippen LogP contribution < -0.4 is 14.8 Å². The molecule has 0 fully saturated rings. The highest BCUT2D eigenvalue weighted by Crippen LogP contribution is 2.28. The molecule has 2 rings (SSSR count). The summed E-state index contributed by atoms with van der Waals surface area (Å²) in [4.78, 5) is 0. The van der Waals surface area contributed by atoms with E-state index in [4.69, 9.17) is 15.9 Å². The van der Waals surface area contributed by atoms with E-state index in [1.807, 2.05) is 24.3 Å². The van der Waals surface area contributed by atoms with E-state index in [1.165, 1.54) is 5.56 Å². The lowest BCUT2D eigenvalue weighted by Gasteiger charge is -2.12. The molecule has 0 aliphatic carbocycles. The summed E-state index contributed by atoms with van der Waals surface area (Å²) in [6.07, 6.45) is 5.20. The molecule has 0 amide bonds. The molecule has 0 heterocycles. The van der Waals surface area contributed by atoms with Crippen LogP contribution in [0.3, 0.4) is 0 Å². The van der Waals surface area contributed by atoms with Gasteiger partial charge >= 0.3 is 0 Å². The molecular formula is C18H19NO2. The average Bonchev–Trinajstić information content (AvgIpc) is 2.51. The van der Waals surface area contributed by atoms with E-state index in [0.29, 0.717) is 11.5 Å². The van der Waals surface area contributed by atoms with Crippen LogP contribution in [-0.2, 0) is 6.54 Å². The first-order valence-corrected chi connectivity index (χ1v) is 6.76. The van der Waals surface area contributed by atoms with Gasteiger partial charge in [0.25, 0.3) is 0 Å². The SMILES string of the molecule is C#CCOc1ccc(CNc2cccc(C)c2)cc1OC. The number of nitrogens with one attached hydrogen (secondary N) is 1. The predicted molar refractivity (Wildman–Crippen MR) is 85.8 cm³/mol. The molecule has 21 heavy (non-hydrogen) atoms. The minimum atomic E-state index is 0.233. The highest BCUT2D eigenvalue weighted by Gasteiger charge is 2.05. The minimum Gasteiger partial charge on any atom is -0.493 e. The van der Waals surface area contributed by atoms with Crippen LogP contribution in [-0.4, -0.2) is 13.7 Å². The third-order valence-electron chi connectivity index (χ3n) is 3.05. The second-order valence-corrected chi connectivity index (χ2v) is 4.70. The number of ether oxygens (including phenoxy) is 2. The molecule has 0 unspecified atom stereocenters. The van der Waals surface area contributed by atoms with E-state index in [9.17, 15) is 0 Å². The molecule has 0 spiro atoms. The zero-order valence-electron chi connectivity index (χ0n) is 12.3. The number of hydrogen-bond donors (Lipinski definition) is 1. The van der Waals surface area contributed by atoms with Gasteiger partial charge in [0.2, 0.25) is 0 Å². The van der Waals surface area contributed by atoms with Gasteiger partial charge in [-0.2, -0.15) is 0 Å². The van der Waals surface area contributed by atoms with Crippen LogP contribution >= 0.6 is 0 Å². The lowest BCUT2D eigenvalue weighted by molar-refractivity contribution is 0.330. The first-order valence-electron chi connectivity index (χ1n) is 6.76. The largest absolute Gasteiger partial charge is 0.493 e. The molecule has 0 bridgehead atoms. The highest BCUT2D eigenvalue weighted by molar-refractivity contribution is 5.48. The highest BCUT2D eigenvalue weighted by atomic mass is 16.5. The molecule has 3 heteroatoms. The maximum Gasteiger partial charge on any atom is 0.162 e. The fourth-order valence-corrected chi connectivity index (χ4v) is 2.02. The quantitative estimate of drug-likeness (QED) is 0.820. The Kier molecular flexibility index (Phi) is 5.11. The van der Waals surface area contributed by atoms with Crippen LogP contribution in [0.25, 0.3) is 0 Å². The standard InChI is InChI=1S/C18H19NO2/c1-4-10-21-17-9-8-15(12-18(17)20-3)13-19-16-7-5-6-14(2)11-16/h1,5-9,11-12,19H,10,13H2,2-3H3. The molecule has 0 saturated heterocycles. The summed E-state index contributed by atoms with van der Waals surface area (Å²) >= 11 is 0. The fourth-order valence-electron chi connectivity index (χ4n) is 2.02. The maximum atomic E-state index is 5.43. The predicted octanol–water partition coefficient (Wildman–Crippen LogP) is 3.63. The third kappa shape index (κ3) is 4.19. The van der Waals surface area contributed by atoms with E-state index in [2.05, 4.69) is 36.4 Å². The van der Waals surface area contributed by atoms with Crippen LogP contribution in [0.2, 0.25) is 0 Å². The molecule has 3 nitrogen and oxygen atoms in total. The second-order valence-electron chi connectivity index (χ2n) is 4.70. The zero-order valence-corrected chi connectivity index (χ0v) is 12.3. The summed E-state index contributed by atoms with van der Waals surface area (Å²) < 4.78 is 10.8. The maximum absolute atomic E-state index is 5.43. The average molecular weight is 281 g/mol. The molecule has 2 aromatic carbocycles. The van der Waals surface area contributed by atoms with Crippen molar-refractivity contribution in [3.8, 4) is 23.8 Å². The van der Waals surface area contributed by atoms with Crippen molar-refractivity contribution in [3.05, 3.63) is 53.6 Å². The van der Waals surface area contributed by atoms with Gasteiger partial charge in [0.1, 0.15) is 6.61 Å². The number of benzene rings is 2. The second kappa shape index (κ2) is 7.25. The molecule has 0 atom stereocenters. The molecular weight excluding hydrogens is 262 g/mol. The van der Waals surface area contributed by atoms with Crippen LogP contribution in [0.5, 0.6) is 11.5 Å². The van der Waals surface area contributed by atoms with Crippen LogP contribution in [0.15, 0.2) is 42.5 Å². The Labute approximate surface area is 125 Å². The monoisotopic (exact) mass is 281 g/mol. The van der Waals surface area contributed by atoms with Crippen molar-refractivity contribution in [2.45, 2.75) is 13.5 Å². The Bertz CT molecular complexity index is 644. The normalized spacial score (nSPS) is 9.76. The van der Waals surface area contributed by atoms with Gasteiger partial charge in [0, 0.05) is 12.2 Å². The number of methoxy groups -OCH3 is 1. The van der Waals surface area contributed by atoms with Crippen LogP contribution in [0, 0.1) is 19.3 Å². The zero-order chi connectivity index (χ0) is 15.1. The molecule has 0 aromatic heterocycles. The van der Waals surface area contributed by atoms with E-state index in [0.717, 1.165) is 17.8 Å². The number of anilines is 1. The van der Waals surface area contributed by atoms with Crippen molar-refractivity contribution in [1.29, 1.82) is 0 Å². The molecule has 0 aliphatic rings. The van der Waals surface area contributed by atoms with Gasteiger partial charge in [-0.1, -0.05) is 24.1 Å². The Balaban J connectivity index is 2.05. The topological polar surface area (TPSA) is 30.5 Å². The molecule has 0 saturated carbocycles. The Morgan fingerprint density at radius 2 is 2.00 bits per heavy atom. The van der Waals surface area contributed by atoms with E-state index in [-0.39, 0.29) is 6.61 Å². The number of hydrogen-bond acceptors (Lipinski definition) is 3. The van der Waals surface area contributed by atoms with Crippen LogP contribution in [0.1, 0.15) is 11.1 Å². The summed E-state index contributed by atoms with van der Waals surface area (Å²) in [6.45, 7) is 3.03. The lowest BCUT2D eigenvalue weighted by Crippen LogP contribution is -2.01. The Morgan fingerprint density at radius 1 is 1.14 bits per heavy atom. The summed E-state index contributed by atoms with van der Waals surface area (Å²) in [7, 11) is 1.62. The number of terminal acetylenes is 1. The molecule has 0 aliphatic heterocycles. The van der Waals surface area contributed by atoms with Crippen molar-refractivity contribution < 1.29 is 9.47 Å². The number of rotatable bonds is 6. The molecule has 1 N–H and O–H groups in total. The van der Waals surface area contributed by atoms with E-state index in [1.54, 1.807) is 7.11 Å². The van der Waals surface area contributed by atoms with Crippen molar-refractivity contribution in [2.24, 2.45) is 0 Å². The van der Waals surface area contributed by atoms with E-state index < -0.39 is 0 Å². The molecule has 2 aromatic rings. The summed E-state index contributed by atoms with van der Waals surface area (Å²) in [5.41, 5.74) is 3.44. The molecule has 0 radical (unpaired) electrons.